The van der Waals surface area contributed by atoms with Gasteiger partial charge in [0.05, 0.1) is 0 Å². The van der Waals surface area contributed by atoms with Crippen molar-refractivity contribution in [2.24, 2.45) is 0 Å². The second-order valence-electron chi connectivity index (χ2n) is 5.21. The molecule has 0 radical (unpaired) electrons. The molecule has 0 saturated heterocycles. The number of nitrogens with one attached hydrogen (secondary N) is 1. The first-order valence-electron chi connectivity index (χ1n) is 7.25. The van der Waals surface area contributed by atoms with Crippen molar-refractivity contribution in [1.82, 2.24) is 15.0 Å². The fraction of sp³-hybridized carbons (Fsp3) is 0.267. The number of hydrogen-bond donors (Lipinski definition) is 3. The van der Waals surface area contributed by atoms with E-state index >= 15 is 0 Å². The van der Waals surface area contributed by atoms with Gasteiger partial charge in [-0.15, -0.1) is 5.10 Å². The van der Waals surface area contributed by atoms with Gasteiger partial charge in [0.1, 0.15) is 6.04 Å². The molecule has 25 heavy (non-hydrogen) atoms. The zero-order valence-corrected chi connectivity index (χ0v) is 14.1. The highest BCUT2D eigenvalue weighted by Gasteiger charge is 2.31. The summed E-state index contributed by atoms with van der Waals surface area (Å²) in [5.74, 6) is -3.63. The third-order valence-electron chi connectivity index (χ3n) is 3.54. The Labute approximate surface area is 147 Å². The van der Waals surface area contributed by atoms with Gasteiger partial charge in [-0.1, -0.05) is 29.8 Å². The molecule has 0 spiro atoms. The number of carboxylic acid groups (broad SMARTS) is 2. The van der Waals surface area contributed by atoms with E-state index in [9.17, 15) is 19.5 Å². The molecule has 0 bridgehead atoms. The van der Waals surface area contributed by atoms with Gasteiger partial charge in [-0.25, -0.2) is 14.3 Å². The molecule has 0 aliphatic heterocycles. The first kappa shape index (κ1) is 18.4. The molecule has 0 aliphatic rings. The predicted molar refractivity (Wildman–Crippen MR) is 88.1 cm³/mol. The predicted octanol–water partition coefficient (Wildman–Crippen LogP) is 2.23. The van der Waals surface area contributed by atoms with Crippen LogP contribution in [0.15, 0.2) is 18.2 Å². The molecule has 1 aromatic heterocycles. The van der Waals surface area contributed by atoms with E-state index < -0.39 is 35.3 Å². The molecule has 1 aromatic carbocycles. The number of aromatic carboxylic acids is 2. The van der Waals surface area contributed by atoms with Gasteiger partial charge in [-0.2, -0.15) is 0 Å². The van der Waals surface area contributed by atoms with E-state index in [0.717, 1.165) is 10.2 Å². The summed E-state index contributed by atoms with van der Waals surface area (Å²) >= 11 is 5.91. The molecule has 0 fully saturated rings. The van der Waals surface area contributed by atoms with Gasteiger partial charge in [0.15, 0.2) is 5.69 Å². The Morgan fingerprint density at radius 2 is 1.96 bits per heavy atom. The van der Waals surface area contributed by atoms with Crippen LogP contribution in [0.25, 0.3) is 0 Å². The van der Waals surface area contributed by atoms with Crippen LogP contribution in [-0.2, 0) is 4.79 Å². The number of carbonyl (C=O) groups excluding carboxylic acids is 1. The third kappa shape index (κ3) is 3.77. The lowest BCUT2D eigenvalue weighted by molar-refractivity contribution is -0.119. The summed E-state index contributed by atoms with van der Waals surface area (Å²) < 4.78 is 0.807. The quantitative estimate of drug-likeness (QED) is 0.713. The number of aromatic nitrogens is 3. The molecule has 2 rings (SSSR count). The van der Waals surface area contributed by atoms with Crippen LogP contribution >= 0.6 is 11.6 Å². The molecule has 1 amide bonds. The van der Waals surface area contributed by atoms with Gasteiger partial charge in [0.25, 0.3) is 0 Å². The Kier molecular flexibility index (Phi) is 5.38. The maximum atomic E-state index is 12.6. The van der Waals surface area contributed by atoms with Crippen LogP contribution < -0.4 is 5.32 Å². The Bertz CT molecular complexity index is 848. The Morgan fingerprint density at radius 1 is 1.28 bits per heavy atom. The van der Waals surface area contributed by atoms with Crippen LogP contribution in [0, 0.1) is 6.92 Å². The summed E-state index contributed by atoms with van der Waals surface area (Å²) in [6.07, 6.45) is 0.175. The minimum Gasteiger partial charge on any atom is -0.476 e. The summed E-state index contributed by atoms with van der Waals surface area (Å²) in [5, 5.41) is 28.3. The number of carboxylic acids is 2. The van der Waals surface area contributed by atoms with E-state index in [1.54, 1.807) is 32.0 Å². The highest BCUT2D eigenvalue weighted by atomic mass is 35.5. The smallest absolute Gasteiger partial charge is 0.359 e. The van der Waals surface area contributed by atoms with Crippen LogP contribution in [0.3, 0.4) is 0 Å². The van der Waals surface area contributed by atoms with Gasteiger partial charge in [0, 0.05) is 10.7 Å². The summed E-state index contributed by atoms with van der Waals surface area (Å²) in [6, 6.07) is 3.90. The topological polar surface area (TPSA) is 134 Å². The first-order chi connectivity index (χ1) is 11.8. The van der Waals surface area contributed by atoms with Crippen molar-refractivity contribution in [3.8, 4) is 0 Å². The summed E-state index contributed by atoms with van der Waals surface area (Å²) in [7, 11) is 0. The van der Waals surface area contributed by atoms with Gasteiger partial charge < -0.3 is 15.5 Å². The van der Waals surface area contributed by atoms with Crippen LogP contribution in [0.5, 0.6) is 0 Å². The van der Waals surface area contributed by atoms with Gasteiger partial charge in [-0.05, 0) is 31.0 Å². The standard InChI is InChI=1S/C15H15ClN4O5/c1-3-10(13(21)17-9-6-8(16)5-4-7(9)2)20-12(15(24)25)11(14(22)23)18-19-20/h4-6,10H,3H2,1-2H3,(H,17,21)(H,22,23)(H,24,25)/t10-/m1/s1. The van der Waals surface area contributed by atoms with Crippen LogP contribution in [-0.4, -0.2) is 43.1 Å². The molecule has 1 heterocycles. The van der Waals surface area contributed by atoms with Crippen molar-refractivity contribution in [1.29, 1.82) is 0 Å². The summed E-state index contributed by atoms with van der Waals surface area (Å²) in [6.45, 7) is 3.41. The molecule has 3 N–H and O–H groups in total. The van der Waals surface area contributed by atoms with Crippen molar-refractivity contribution in [3.05, 3.63) is 40.2 Å². The molecule has 9 nitrogen and oxygen atoms in total. The van der Waals surface area contributed by atoms with Gasteiger partial charge >= 0.3 is 11.9 Å². The molecule has 1 atom stereocenters. The van der Waals surface area contributed by atoms with Gasteiger partial charge in [0.2, 0.25) is 11.6 Å². The fourth-order valence-corrected chi connectivity index (χ4v) is 2.44. The monoisotopic (exact) mass is 366 g/mol. The molecular formula is C15H15ClN4O5. The first-order valence-corrected chi connectivity index (χ1v) is 7.62. The SMILES string of the molecule is CC[C@H](C(=O)Nc1cc(Cl)ccc1C)n1nnc(C(=O)O)c1C(=O)O. The normalized spacial score (nSPS) is 11.8. The minimum atomic E-state index is -1.54. The number of benzene rings is 1. The number of halogens is 1. The maximum Gasteiger partial charge on any atom is 0.359 e. The lowest BCUT2D eigenvalue weighted by Gasteiger charge is -2.17. The van der Waals surface area contributed by atoms with Crippen molar-refractivity contribution >= 4 is 35.1 Å². The van der Waals surface area contributed by atoms with E-state index in [1.165, 1.54) is 0 Å². The van der Waals surface area contributed by atoms with Crippen LogP contribution in [0.4, 0.5) is 5.69 Å². The van der Waals surface area contributed by atoms with E-state index in [1.807, 2.05) is 0 Å². The average Bonchev–Trinajstić information content (AvgIpc) is 2.97. The number of hydrogen-bond acceptors (Lipinski definition) is 5. The number of anilines is 1. The zero-order valence-electron chi connectivity index (χ0n) is 13.4. The molecule has 2 aromatic rings. The molecule has 132 valence electrons. The van der Waals surface area contributed by atoms with E-state index in [-0.39, 0.29) is 6.42 Å². The fourth-order valence-electron chi connectivity index (χ4n) is 2.27. The van der Waals surface area contributed by atoms with Crippen molar-refractivity contribution < 1.29 is 24.6 Å². The minimum absolute atomic E-state index is 0.175. The Balaban J connectivity index is 2.40. The Morgan fingerprint density at radius 3 is 2.52 bits per heavy atom. The molecule has 10 heteroatoms. The van der Waals surface area contributed by atoms with E-state index in [2.05, 4.69) is 15.6 Å². The van der Waals surface area contributed by atoms with E-state index in [4.69, 9.17) is 16.7 Å². The number of carbonyl (C=O) groups is 3. The van der Waals surface area contributed by atoms with Crippen molar-refractivity contribution in [2.75, 3.05) is 5.32 Å². The maximum absolute atomic E-state index is 12.6. The highest BCUT2D eigenvalue weighted by Crippen LogP contribution is 2.23. The number of amides is 1. The second kappa shape index (κ2) is 7.31. The number of nitrogens with zero attached hydrogens (tertiary/aromatic N) is 3. The Hall–Kier alpha value is -2.94. The van der Waals surface area contributed by atoms with Crippen molar-refractivity contribution in [2.45, 2.75) is 26.3 Å². The van der Waals surface area contributed by atoms with E-state index in [0.29, 0.717) is 10.7 Å². The molecule has 0 unspecified atom stereocenters. The van der Waals surface area contributed by atoms with Gasteiger partial charge in [-0.3, -0.25) is 4.79 Å². The highest BCUT2D eigenvalue weighted by molar-refractivity contribution is 6.31. The van der Waals surface area contributed by atoms with Crippen LogP contribution in [0.2, 0.25) is 5.02 Å². The lowest BCUT2D eigenvalue weighted by atomic mass is 10.1. The largest absolute Gasteiger partial charge is 0.476 e. The lowest BCUT2D eigenvalue weighted by Crippen LogP contribution is -2.29. The number of rotatable bonds is 6. The molecule has 0 saturated carbocycles. The van der Waals surface area contributed by atoms with Crippen LogP contribution in [0.1, 0.15) is 45.9 Å². The zero-order chi connectivity index (χ0) is 18.7. The molecular weight excluding hydrogens is 352 g/mol. The molecule has 0 aliphatic carbocycles. The van der Waals surface area contributed by atoms with Crippen molar-refractivity contribution in [3.63, 3.8) is 0 Å². The average molecular weight is 367 g/mol. The number of aryl methyl sites for hydroxylation is 1. The third-order valence-corrected chi connectivity index (χ3v) is 3.78. The second-order valence-corrected chi connectivity index (χ2v) is 5.65. The summed E-state index contributed by atoms with van der Waals surface area (Å²) in [4.78, 5) is 35.1. The summed E-state index contributed by atoms with van der Waals surface area (Å²) in [5.41, 5.74) is -0.155.